The fourth-order valence-corrected chi connectivity index (χ4v) is 1.13. The fourth-order valence-electron chi connectivity index (χ4n) is 1.13. The highest BCUT2D eigenvalue weighted by molar-refractivity contribution is 5.94. The molecular weight excluding hydrogens is 205 g/mol. The second-order valence-electron chi connectivity index (χ2n) is 3.59. The summed E-state index contributed by atoms with van der Waals surface area (Å²) >= 11 is 0. The number of hydrogen-bond acceptors (Lipinski definition) is 1. The minimum absolute atomic E-state index is 0.0906. The van der Waals surface area contributed by atoms with Crippen molar-refractivity contribution in [2.75, 3.05) is 0 Å². The van der Waals surface area contributed by atoms with Crippen LogP contribution in [-0.4, -0.2) is 11.9 Å². The van der Waals surface area contributed by atoms with Crippen molar-refractivity contribution in [1.82, 2.24) is 5.32 Å². The largest absolute Gasteiger partial charge is 0.350 e. The van der Waals surface area contributed by atoms with Gasteiger partial charge in [0.15, 0.2) is 0 Å². The Bertz CT molecular complexity index is 348. The zero-order valence-electron chi connectivity index (χ0n) is 10.6. The Hall–Kier alpha value is -1.38. The number of nitrogens with one attached hydrogen (secondary N) is 1. The van der Waals surface area contributed by atoms with Crippen molar-refractivity contribution in [3.63, 3.8) is 0 Å². The second kappa shape index (κ2) is 6.99. The normalized spacial score (nSPS) is 9.44. The first kappa shape index (κ1) is 14.6. The number of benzene rings is 1. The van der Waals surface area contributed by atoms with Crippen LogP contribution < -0.4 is 5.32 Å². The van der Waals surface area contributed by atoms with Gasteiger partial charge in [-0.3, -0.25) is 4.79 Å². The zero-order valence-corrected chi connectivity index (χ0v) is 10.6. The van der Waals surface area contributed by atoms with Crippen LogP contribution in [0.15, 0.2) is 18.2 Å². The van der Waals surface area contributed by atoms with Crippen molar-refractivity contribution >= 4 is 5.91 Å². The summed E-state index contributed by atoms with van der Waals surface area (Å²) in [6.07, 6.45) is 0. The molecule has 0 aliphatic carbocycles. The molecule has 2 nitrogen and oxygen atoms in total. The van der Waals surface area contributed by atoms with Gasteiger partial charge in [-0.1, -0.05) is 13.8 Å². The van der Waals surface area contributed by atoms with Gasteiger partial charge in [0, 0.05) is 11.6 Å². The maximum Gasteiger partial charge on any atom is 0.251 e. The molecule has 0 radical (unpaired) electrons. The molecule has 0 spiro atoms. The molecule has 16 heavy (non-hydrogen) atoms. The quantitative estimate of drug-likeness (QED) is 0.822. The Labute approximate surface area is 96.9 Å². The summed E-state index contributed by atoms with van der Waals surface area (Å²) in [6.45, 7) is 9.41. The molecular formula is C13H20FNO. The van der Waals surface area contributed by atoms with E-state index in [1.54, 1.807) is 13.0 Å². The van der Waals surface area contributed by atoms with Crippen LogP contribution in [0.5, 0.6) is 0 Å². The SMILES string of the molecule is CC.Cc1cc(C(=O)NC(C)C)ccc1F. The minimum Gasteiger partial charge on any atom is -0.350 e. The van der Waals surface area contributed by atoms with E-state index in [9.17, 15) is 9.18 Å². The van der Waals surface area contributed by atoms with Crippen molar-refractivity contribution < 1.29 is 9.18 Å². The molecule has 1 rings (SSSR count). The molecule has 1 amide bonds. The van der Waals surface area contributed by atoms with Gasteiger partial charge in [0.05, 0.1) is 0 Å². The van der Waals surface area contributed by atoms with E-state index in [1.165, 1.54) is 12.1 Å². The molecule has 0 bridgehead atoms. The Morgan fingerprint density at radius 2 is 1.88 bits per heavy atom. The van der Waals surface area contributed by atoms with Gasteiger partial charge >= 0.3 is 0 Å². The molecule has 0 aliphatic heterocycles. The highest BCUT2D eigenvalue weighted by atomic mass is 19.1. The van der Waals surface area contributed by atoms with Gasteiger partial charge in [0.2, 0.25) is 0 Å². The van der Waals surface area contributed by atoms with Gasteiger partial charge in [-0.25, -0.2) is 4.39 Å². The first-order valence-corrected chi connectivity index (χ1v) is 5.57. The lowest BCUT2D eigenvalue weighted by Gasteiger charge is -2.08. The van der Waals surface area contributed by atoms with E-state index < -0.39 is 0 Å². The maximum absolute atomic E-state index is 12.9. The Balaban J connectivity index is 0.00000106. The summed E-state index contributed by atoms with van der Waals surface area (Å²) in [6, 6.07) is 4.44. The lowest BCUT2D eigenvalue weighted by Crippen LogP contribution is -2.30. The summed E-state index contributed by atoms with van der Waals surface area (Å²) in [4.78, 5) is 11.5. The summed E-state index contributed by atoms with van der Waals surface area (Å²) in [5.41, 5.74) is 0.985. The Kier molecular flexibility index (Phi) is 6.38. The van der Waals surface area contributed by atoms with E-state index in [0.29, 0.717) is 11.1 Å². The van der Waals surface area contributed by atoms with Crippen molar-refractivity contribution in [1.29, 1.82) is 0 Å². The maximum atomic E-state index is 12.9. The number of rotatable bonds is 2. The number of aryl methyl sites for hydroxylation is 1. The predicted molar refractivity (Wildman–Crippen MR) is 65.1 cm³/mol. The molecule has 0 unspecified atom stereocenters. The van der Waals surface area contributed by atoms with Crippen LogP contribution in [0, 0.1) is 12.7 Å². The summed E-state index contributed by atoms with van der Waals surface area (Å²) in [5.74, 6) is -0.450. The predicted octanol–water partition coefficient (Wildman–Crippen LogP) is 3.30. The molecule has 0 atom stereocenters. The standard InChI is InChI=1S/C11H14FNO.C2H6/c1-7(2)13-11(14)9-4-5-10(12)8(3)6-9;1-2/h4-7H,1-3H3,(H,13,14);1-2H3. The van der Waals surface area contributed by atoms with Crippen molar-refractivity contribution in [3.05, 3.63) is 35.1 Å². The number of amides is 1. The summed E-state index contributed by atoms with van der Waals surface area (Å²) in [5, 5.41) is 2.74. The lowest BCUT2D eigenvalue weighted by molar-refractivity contribution is 0.0943. The van der Waals surface area contributed by atoms with E-state index in [0.717, 1.165) is 0 Å². The molecule has 0 fully saturated rings. The van der Waals surface area contributed by atoms with E-state index in [4.69, 9.17) is 0 Å². The molecule has 0 heterocycles. The second-order valence-corrected chi connectivity index (χ2v) is 3.59. The number of halogens is 1. The zero-order chi connectivity index (χ0) is 12.7. The van der Waals surface area contributed by atoms with E-state index in [2.05, 4.69) is 5.32 Å². The van der Waals surface area contributed by atoms with Gasteiger partial charge in [-0.15, -0.1) is 0 Å². The average Bonchev–Trinajstić information content (AvgIpc) is 2.24. The van der Waals surface area contributed by atoms with Gasteiger partial charge in [-0.2, -0.15) is 0 Å². The molecule has 0 saturated heterocycles. The molecule has 0 aromatic heterocycles. The Morgan fingerprint density at radius 3 is 2.31 bits per heavy atom. The highest BCUT2D eigenvalue weighted by Crippen LogP contribution is 2.09. The first-order chi connectivity index (χ1) is 7.50. The van der Waals surface area contributed by atoms with Crippen molar-refractivity contribution in [2.24, 2.45) is 0 Å². The van der Waals surface area contributed by atoms with Crippen LogP contribution in [0.2, 0.25) is 0 Å². The summed E-state index contributed by atoms with van der Waals surface area (Å²) in [7, 11) is 0. The number of carbonyl (C=O) groups excluding carboxylic acids is 1. The van der Waals surface area contributed by atoms with Crippen LogP contribution >= 0.6 is 0 Å². The number of hydrogen-bond donors (Lipinski definition) is 1. The van der Waals surface area contributed by atoms with Gasteiger partial charge in [-0.05, 0) is 44.5 Å². The van der Waals surface area contributed by atoms with Crippen LogP contribution in [0.25, 0.3) is 0 Å². The van der Waals surface area contributed by atoms with Gasteiger partial charge in [0.25, 0.3) is 5.91 Å². The lowest BCUT2D eigenvalue weighted by atomic mass is 10.1. The van der Waals surface area contributed by atoms with Crippen molar-refractivity contribution in [2.45, 2.75) is 40.7 Å². The smallest absolute Gasteiger partial charge is 0.251 e. The first-order valence-electron chi connectivity index (χ1n) is 5.57. The molecule has 0 aliphatic rings. The van der Waals surface area contributed by atoms with Crippen LogP contribution in [-0.2, 0) is 0 Å². The minimum atomic E-state index is -0.286. The van der Waals surface area contributed by atoms with Gasteiger partial charge < -0.3 is 5.32 Å². The molecule has 90 valence electrons. The third-order valence-electron chi connectivity index (χ3n) is 1.84. The third kappa shape index (κ3) is 4.43. The van der Waals surface area contributed by atoms with E-state index >= 15 is 0 Å². The molecule has 1 N–H and O–H groups in total. The third-order valence-corrected chi connectivity index (χ3v) is 1.84. The molecule has 3 heteroatoms. The van der Waals surface area contributed by atoms with Crippen molar-refractivity contribution in [3.8, 4) is 0 Å². The summed E-state index contributed by atoms with van der Waals surface area (Å²) < 4.78 is 12.9. The Morgan fingerprint density at radius 1 is 1.31 bits per heavy atom. The number of carbonyl (C=O) groups is 1. The monoisotopic (exact) mass is 225 g/mol. The average molecular weight is 225 g/mol. The molecule has 1 aromatic rings. The van der Waals surface area contributed by atoms with E-state index in [-0.39, 0.29) is 17.8 Å². The van der Waals surface area contributed by atoms with E-state index in [1.807, 2.05) is 27.7 Å². The molecule has 1 aromatic carbocycles. The van der Waals surface area contributed by atoms with Crippen LogP contribution in [0.3, 0.4) is 0 Å². The topological polar surface area (TPSA) is 29.1 Å². The van der Waals surface area contributed by atoms with Crippen LogP contribution in [0.4, 0.5) is 4.39 Å². The fraction of sp³-hybridized carbons (Fsp3) is 0.462. The molecule has 0 saturated carbocycles. The van der Waals surface area contributed by atoms with Crippen LogP contribution in [0.1, 0.15) is 43.6 Å². The van der Waals surface area contributed by atoms with Gasteiger partial charge in [0.1, 0.15) is 5.82 Å². The highest BCUT2D eigenvalue weighted by Gasteiger charge is 2.08.